The maximum Gasteiger partial charge on any atom is 0.163 e. The number of carbonyl (C=O) groups is 4. The number of ketones is 4. The van der Waals surface area contributed by atoms with Crippen molar-refractivity contribution in [1.29, 1.82) is 0 Å². The van der Waals surface area contributed by atoms with Crippen LogP contribution in [0, 0.1) is 24.7 Å². The maximum atomic E-state index is 13.8. The molecule has 3 atom stereocenters. The summed E-state index contributed by atoms with van der Waals surface area (Å²) < 4.78 is 0. The summed E-state index contributed by atoms with van der Waals surface area (Å²) in [5.41, 5.74) is 5.91. The van der Waals surface area contributed by atoms with E-state index in [1.807, 2.05) is 37.3 Å². The van der Waals surface area contributed by atoms with Crippen LogP contribution < -0.4 is 0 Å². The Labute approximate surface area is 261 Å². The van der Waals surface area contributed by atoms with Crippen molar-refractivity contribution in [1.82, 2.24) is 0 Å². The van der Waals surface area contributed by atoms with Crippen LogP contribution in [0.2, 0.25) is 0 Å². The number of Topliss-reactive ketones (excluding diaryl/α,β-unsaturated/α-hetero) is 4. The molecule has 1 aliphatic rings. The van der Waals surface area contributed by atoms with Gasteiger partial charge >= 0.3 is 0 Å². The number of hydrogen-bond donors (Lipinski definition) is 0. The van der Waals surface area contributed by atoms with E-state index < -0.39 is 0 Å². The van der Waals surface area contributed by atoms with Crippen molar-refractivity contribution >= 4 is 23.1 Å². The van der Waals surface area contributed by atoms with E-state index in [9.17, 15) is 19.2 Å². The van der Waals surface area contributed by atoms with Crippen molar-refractivity contribution in [3.8, 4) is 0 Å². The van der Waals surface area contributed by atoms with E-state index in [0.29, 0.717) is 19.3 Å². The van der Waals surface area contributed by atoms with Gasteiger partial charge in [0.15, 0.2) is 11.6 Å². The molecule has 4 nitrogen and oxygen atoms in total. The van der Waals surface area contributed by atoms with Gasteiger partial charge in [0, 0.05) is 29.9 Å². The highest BCUT2D eigenvalue weighted by Gasteiger charge is 2.35. The molecule has 0 bridgehead atoms. The van der Waals surface area contributed by atoms with Crippen molar-refractivity contribution in [3.63, 3.8) is 0 Å². The molecule has 2 aromatic carbocycles. The summed E-state index contributed by atoms with van der Waals surface area (Å²) in [5.74, 6) is 0.432. The molecule has 0 aromatic heterocycles. The summed E-state index contributed by atoms with van der Waals surface area (Å²) in [6.07, 6.45) is 6.94. The fourth-order valence-corrected chi connectivity index (χ4v) is 6.89. The largest absolute Gasteiger partial charge is 0.300 e. The second-order valence-corrected chi connectivity index (χ2v) is 13.6. The number of aryl methyl sites for hydroxylation is 1. The smallest absolute Gasteiger partial charge is 0.163 e. The minimum absolute atomic E-state index is 0.000479. The van der Waals surface area contributed by atoms with Gasteiger partial charge in [0.1, 0.15) is 11.6 Å². The van der Waals surface area contributed by atoms with Gasteiger partial charge in [0.25, 0.3) is 0 Å². The third-order valence-corrected chi connectivity index (χ3v) is 8.70. The number of hydrogen-bond acceptors (Lipinski definition) is 4. The molecule has 0 radical (unpaired) electrons. The standard InChI is InChI=1S/C36H48O4.C3H8/c1-8-13-27(29(9-2)33(39)18-23(3)37)19-25-20-30-28(16-17-32(38)26-14-11-10-12-15-26)22-31(36(5,6)7)24(4)35(30)34(40)21-25;1-3-2/h10-12,14-15,22,25,27,29H,8-9,13,16-21H2,1-7H3;3H2,1-2H3. The molecule has 3 rings (SSSR count). The molecule has 4 heteroatoms. The molecule has 0 fully saturated rings. The summed E-state index contributed by atoms with van der Waals surface area (Å²) in [6, 6.07) is 11.7. The van der Waals surface area contributed by atoms with Crippen LogP contribution >= 0.6 is 0 Å². The van der Waals surface area contributed by atoms with Crippen molar-refractivity contribution in [2.24, 2.45) is 17.8 Å². The Morgan fingerprint density at radius 2 is 1.60 bits per heavy atom. The molecule has 0 spiro atoms. The van der Waals surface area contributed by atoms with Gasteiger partial charge < -0.3 is 0 Å². The number of carbonyl (C=O) groups excluding carboxylic acids is 4. The summed E-state index contributed by atoms with van der Waals surface area (Å²) in [6.45, 7) is 18.5. The van der Waals surface area contributed by atoms with Crippen LogP contribution in [0.5, 0.6) is 0 Å². The Morgan fingerprint density at radius 1 is 0.977 bits per heavy atom. The summed E-state index contributed by atoms with van der Waals surface area (Å²) in [4.78, 5) is 51.5. The van der Waals surface area contributed by atoms with Crippen LogP contribution in [-0.4, -0.2) is 23.1 Å². The van der Waals surface area contributed by atoms with Gasteiger partial charge in [-0.2, -0.15) is 0 Å². The molecule has 0 heterocycles. The van der Waals surface area contributed by atoms with Crippen LogP contribution in [0.3, 0.4) is 0 Å². The molecule has 43 heavy (non-hydrogen) atoms. The zero-order valence-electron chi connectivity index (χ0n) is 28.4. The predicted molar refractivity (Wildman–Crippen MR) is 178 cm³/mol. The van der Waals surface area contributed by atoms with Crippen LogP contribution in [0.25, 0.3) is 0 Å². The minimum atomic E-state index is -0.145. The van der Waals surface area contributed by atoms with Crippen LogP contribution in [0.15, 0.2) is 36.4 Å². The third kappa shape index (κ3) is 10.1. The quantitative estimate of drug-likeness (QED) is 0.173. The van der Waals surface area contributed by atoms with Gasteiger partial charge in [-0.05, 0) is 79.0 Å². The SMILES string of the molecule is CCC.CCCC(CC1CC(=O)c2c(C)c(C(C)(C)C)cc(CCC(=O)c3ccccc3)c2C1)C(CC)C(=O)CC(C)=O. The van der Waals surface area contributed by atoms with Crippen LogP contribution in [0.4, 0.5) is 0 Å². The monoisotopic (exact) mass is 588 g/mol. The Bertz CT molecular complexity index is 1250. The fourth-order valence-electron chi connectivity index (χ4n) is 6.89. The Morgan fingerprint density at radius 3 is 2.14 bits per heavy atom. The van der Waals surface area contributed by atoms with E-state index in [4.69, 9.17) is 0 Å². The summed E-state index contributed by atoms with van der Waals surface area (Å²) in [7, 11) is 0. The second kappa shape index (κ2) is 16.8. The Kier molecular flexibility index (Phi) is 14.2. The fraction of sp³-hybridized carbons (Fsp3) is 0.590. The first kappa shape index (κ1) is 36.3. The minimum Gasteiger partial charge on any atom is -0.300 e. The molecule has 236 valence electrons. The normalized spacial score (nSPS) is 16.0. The molecule has 0 saturated heterocycles. The lowest BCUT2D eigenvalue weighted by Gasteiger charge is -2.34. The number of rotatable bonds is 13. The van der Waals surface area contributed by atoms with E-state index >= 15 is 0 Å². The molecule has 0 saturated carbocycles. The second-order valence-electron chi connectivity index (χ2n) is 13.6. The first-order valence-electron chi connectivity index (χ1n) is 16.6. The van der Waals surface area contributed by atoms with Crippen LogP contribution in [-0.2, 0) is 27.8 Å². The van der Waals surface area contributed by atoms with E-state index in [1.54, 1.807) is 0 Å². The molecular weight excluding hydrogens is 532 g/mol. The molecule has 0 aliphatic heterocycles. The van der Waals surface area contributed by atoms with Crippen LogP contribution in [0.1, 0.15) is 150 Å². The third-order valence-electron chi connectivity index (χ3n) is 8.70. The molecular formula is C39H56O4. The van der Waals surface area contributed by atoms with E-state index in [2.05, 4.69) is 54.5 Å². The van der Waals surface area contributed by atoms with Gasteiger partial charge in [-0.3, -0.25) is 19.2 Å². The summed E-state index contributed by atoms with van der Waals surface area (Å²) >= 11 is 0. The Hall–Kier alpha value is -2.88. The van der Waals surface area contributed by atoms with Gasteiger partial charge in [-0.25, -0.2) is 0 Å². The molecule has 0 N–H and O–H groups in total. The van der Waals surface area contributed by atoms with Crippen molar-refractivity contribution < 1.29 is 19.2 Å². The highest BCUT2D eigenvalue weighted by molar-refractivity contribution is 6.01. The molecule has 2 aromatic rings. The topological polar surface area (TPSA) is 68.3 Å². The van der Waals surface area contributed by atoms with Gasteiger partial charge in [0.05, 0.1) is 6.42 Å². The van der Waals surface area contributed by atoms with E-state index in [-0.39, 0.29) is 52.7 Å². The number of benzene rings is 2. The lowest BCUT2D eigenvalue weighted by molar-refractivity contribution is -0.129. The first-order valence-corrected chi connectivity index (χ1v) is 16.6. The van der Waals surface area contributed by atoms with E-state index in [1.165, 1.54) is 18.9 Å². The average Bonchev–Trinajstić information content (AvgIpc) is 2.92. The average molecular weight is 589 g/mol. The van der Waals surface area contributed by atoms with Gasteiger partial charge in [-0.15, -0.1) is 0 Å². The van der Waals surface area contributed by atoms with Crippen molar-refractivity contribution in [3.05, 3.63) is 69.8 Å². The maximum absolute atomic E-state index is 13.8. The zero-order chi connectivity index (χ0) is 32.3. The molecule has 1 aliphatic carbocycles. The lowest BCUT2D eigenvalue weighted by atomic mass is 9.69. The highest BCUT2D eigenvalue weighted by atomic mass is 16.1. The number of fused-ring (bicyclic) bond motifs is 1. The summed E-state index contributed by atoms with van der Waals surface area (Å²) in [5, 5.41) is 0. The van der Waals surface area contributed by atoms with Gasteiger partial charge in [0.2, 0.25) is 0 Å². The predicted octanol–water partition coefficient (Wildman–Crippen LogP) is 9.65. The molecule has 0 amide bonds. The van der Waals surface area contributed by atoms with E-state index in [0.717, 1.165) is 59.9 Å². The first-order chi connectivity index (χ1) is 20.3. The van der Waals surface area contributed by atoms with Gasteiger partial charge in [-0.1, -0.05) is 104 Å². The van der Waals surface area contributed by atoms with Crippen molar-refractivity contribution in [2.75, 3.05) is 0 Å². The Balaban J connectivity index is 0.00000206. The molecule has 3 unspecified atom stereocenters. The lowest BCUT2D eigenvalue weighted by Crippen LogP contribution is -2.31. The highest BCUT2D eigenvalue weighted by Crippen LogP contribution is 2.40. The zero-order valence-corrected chi connectivity index (χ0v) is 28.4. The van der Waals surface area contributed by atoms with Crippen molar-refractivity contribution in [2.45, 2.75) is 132 Å².